The Kier molecular flexibility index (Phi) is 7.05. The molecule has 3 N–H and O–H groups in total. The summed E-state index contributed by atoms with van der Waals surface area (Å²) in [6, 6.07) is 13.7. The summed E-state index contributed by atoms with van der Waals surface area (Å²) in [5.74, 6) is -0.373. The minimum atomic E-state index is -3.63. The zero-order chi connectivity index (χ0) is 20.9. The van der Waals surface area contributed by atoms with E-state index in [1.165, 1.54) is 12.1 Å². The van der Waals surface area contributed by atoms with Crippen LogP contribution in [0.2, 0.25) is 0 Å². The van der Waals surface area contributed by atoms with Gasteiger partial charge in [-0.2, -0.15) is 0 Å². The minimum absolute atomic E-state index is 0.00655. The van der Waals surface area contributed by atoms with Gasteiger partial charge in [0.2, 0.25) is 10.0 Å². The normalized spacial score (nSPS) is 14.6. The average molecular weight is 480 g/mol. The molecule has 0 unspecified atom stereocenters. The Morgan fingerprint density at radius 2 is 1.90 bits per heavy atom. The number of nitrogens with zero attached hydrogens (tertiary/aromatic N) is 1. The van der Waals surface area contributed by atoms with Crippen LogP contribution in [0.25, 0.3) is 0 Å². The van der Waals surface area contributed by atoms with Gasteiger partial charge < -0.3 is 10.5 Å². The summed E-state index contributed by atoms with van der Waals surface area (Å²) in [5.41, 5.74) is 1.62. The molecule has 0 aliphatic heterocycles. The average Bonchev–Trinajstić information content (AvgIpc) is 3.52. The van der Waals surface area contributed by atoms with Crippen molar-refractivity contribution in [2.24, 2.45) is 5.16 Å². The second kappa shape index (κ2) is 9.51. The third-order valence-electron chi connectivity index (χ3n) is 4.50. The highest BCUT2D eigenvalue weighted by molar-refractivity contribution is 9.10. The van der Waals surface area contributed by atoms with E-state index >= 15 is 0 Å². The number of carbonyl (C=O) groups excluding carboxylic acids is 1. The van der Waals surface area contributed by atoms with Crippen LogP contribution in [0.3, 0.4) is 0 Å². The zero-order valence-corrected chi connectivity index (χ0v) is 18.0. The summed E-state index contributed by atoms with van der Waals surface area (Å²) >= 11 is 3.31. The predicted molar refractivity (Wildman–Crippen MR) is 114 cm³/mol. The molecule has 29 heavy (non-hydrogen) atoms. The highest BCUT2D eigenvalue weighted by Crippen LogP contribution is 2.25. The van der Waals surface area contributed by atoms with Crippen molar-refractivity contribution in [3.05, 3.63) is 64.1 Å². The number of rotatable bonds is 9. The van der Waals surface area contributed by atoms with Gasteiger partial charge in [0.15, 0.2) is 0 Å². The molecule has 1 fully saturated rings. The molecule has 0 heterocycles. The lowest BCUT2D eigenvalue weighted by Crippen LogP contribution is -2.28. The van der Waals surface area contributed by atoms with Crippen molar-refractivity contribution in [3.63, 3.8) is 0 Å². The van der Waals surface area contributed by atoms with E-state index in [1.54, 1.807) is 6.07 Å². The van der Waals surface area contributed by atoms with E-state index < -0.39 is 10.0 Å². The third-order valence-corrected chi connectivity index (χ3v) is 6.71. The van der Waals surface area contributed by atoms with Crippen LogP contribution in [0.1, 0.15) is 41.6 Å². The van der Waals surface area contributed by atoms with E-state index in [2.05, 4.69) is 31.1 Å². The minimum Gasteiger partial charge on any atom is -0.411 e. The van der Waals surface area contributed by atoms with Crippen LogP contribution >= 0.6 is 15.9 Å². The van der Waals surface area contributed by atoms with Crippen molar-refractivity contribution >= 4 is 37.6 Å². The van der Waals surface area contributed by atoms with Crippen molar-refractivity contribution in [3.8, 4) is 0 Å². The van der Waals surface area contributed by atoms with Gasteiger partial charge in [-0.1, -0.05) is 35.5 Å². The molecule has 1 saturated carbocycles. The summed E-state index contributed by atoms with van der Waals surface area (Å²) in [6.07, 6.45) is 2.73. The van der Waals surface area contributed by atoms with Gasteiger partial charge in [0.25, 0.3) is 5.91 Å². The molecule has 0 radical (unpaired) electrons. The fourth-order valence-corrected chi connectivity index (χ4v) is 4.53. The summed E-state index contributed by atoms with van der Waals surface area (Å²) in [7, 11) is -3.63. The first-order valence-corrected chi connectivity index (χ1v) is 11.5. The lowest BCUT2D eigenvalue weighted by atomic mass is 10.1. The number of carbonyl (C=O) groups is 1. The summed E-state index contributed by atoms with van der Waals surface area (Å²) in [6.45, 7) is 0.356. The molecule has 0 bridgehead atoms. The van der Waals surface area contributed by atoms with Gasteiger partial charge in [-0.3, -0.25) is 4.79 Å². The number of sulfonamides is 1. The molecule has 2 aromatic rings. The van der Waals surface area contributed by atoms with E-state index in [1.807, 2.05) is 30.3 Å². The van der Waals surface area contributed by atoms with Crippen LogP contribution in [-0.2, 0) is 10.0 Å². The Bertz CT molecular complexity index is 1010. The number of nitrogens with one attached hydrogen (secondary N) is 2. The first kappa shape index (κ1) is 21.5. The number of halogens is 1. The molecular weight excluding hydrogens is 458 g/mol. The highest BCUT2D eigenvalue weighted by atomic mass is 79.9. The van der Waals surface area contributed by atoms with Gasteiger partial charge in [0, 0.05) is 17.1 Å². The molecule has 1 aliphatic rings. The number of hydrogen-bond acceptors (Lipinski definition) is 5. The third kappa shape index (κ3) is 5.88. The van der Waals surface area contributed by atoms with Crippen molar-refractivity contribution in [2.75, 3.05) is 6.54 Å². The van der Waals surface area contributed by atoms with Crippen LogP contribution in [0, 0.1) is 0 Å². The van der Waals surface area contributed by atoms with Crippen LogP contribution in [0.5, 0.6) is 0 Å². The number of hydrogen-bond donors (Lipinski definition) is 3. The molecular formula is C20H22BrN3O4S. The number of amides is 1. The molecule has 0 saturated heterocycles. The van der Waals surface area contributed by atoms with Crippen molar-refractivity contribution < 1.29 is 18.4 Å². The highest BCUT2D eigenvalue weighted by Gasteiger charge is 2.28. The molecule has 7 nitrogen and oxygen atoms in total. The van der Waals surface area contributed by atoms with Gasteiger partial charge in [-0.05, 0) is 65.4 Å². The first-order chi connectivity index (χ1) is 13.9. The maximum Gasteiger partial charge on any atom is 0.252 e. The lowest BCUT2D eigenvalue weighted by Gasteiger charge is -2.10. The topological polar surface area (TPSA) is 108 Å². The quantitative estimate of drug-likeness (QED) is 0.222. The Hall–Kier alpha value is -2.23. The van der Waals surface area contributed by atoms with Crippen LogP contribution in [0.15, 0.2) is 63.1 Å². The van der Waals surface area contributed by atoms with Gasteiger partial charge >= 0.3 is 0 Å². The fourth-order valence-electron chi connectivity index (χ4n) is 2.77. The molecule has 1 aliphatic carbocycles. The second-order valence-electron chi connectivity index (χ2n) is 6.81. The van der Waals surface area contributed by atoms with E-state index in [9.17, 15) is 18.4 Å². The van der Waals surface area contributed by atoms with Gasteiger partial charge in [0.05, 0.1) is 16.2 Å². The van der Waals surface area contributed by atoms with Gasteiger partial charge in [0.1, 0.15) is 0 Å². The molecule has 154 valence electrons. The van der Waals surface area contributed by atoms with Crippen molar-refractivity contribution in [2.45, 2.75) is 36.6 Å². The number of oxime groups is 1. The fraction of sp³-hybridized carbons (Fsp3) is 0.300. The first-order valence-electron chi connectivity index (χ1n) is 9.27. The standard InChI is InChI=1S/C20H22BrN3O4S/c21-18-11-10-16(29(27,28)24-15-8-9-15)13-17(18)20(25)22-12-4-7-19(23-26)14-5-2-1-3-6-14/h1-3,5-6,10-11,13,15,24,26H,4,7-9,12H2,(H,22,25). The summed E-state index contributed by atoms with van der Waals surface area (Å²) in [4.78, 5) is 12.6. The van der Waals surface area contributed by atoms with Gasteiger partial charge in [-0.15, -0.1) is 0 Å². The molecule has 0 aromatic heterocycles. The SMILES string of the molecule is O=C(NCCCC(=NO)c1ccccc1)c1cc(S(=O)(=O)NC2CC2)ccc1Br. The number of benzene rings is 2. The largest absolute Gasteiger partial charge is 0.411 e. The Labute approximate surface area is 178 Å². The Morgan fingerprint density at radius 1 is 1.17 bits per heavy atom. The molecule has 3 rings (SSSR count). The second-order valence-corrected chi connectivity index (χ2v) is 9.38. The Morgan fingerprint density at radius 3 is 2.55 bits per heavy atom. The maximum absolute atomic E-state index is 12.5. The van der Waals surface area contributed by atoms with Crippen LogP contribution in [-0.4, -0.2) is 37.8 Å². The molecule has 0 spiro atoms. The van der Waals surface area contributed by atoms with Crippen LogP contribution < -0.4 is 10.0 Å². The van der Waals surface area contributed by atoms with E-state index in [0.717, 1.165) is 18.4 Å². The molecule has 0 atom stereocenters. The molecule has 2 aromatic carbocycles. The van der Waals surface area contributed by atoms with Gasteiger partial charge in [-0.25, -0.2) is 13.1 Å². The Balaban J connectivity index is 1.58. The molecule has 1 amide bonds. The van der Waals surface area contributed by atoms with E-state index in [-0.39, 0.29) is 22.4 Å². The monoisotopic (exact) mass is 479 g/mol. The molecule has 9 heteroatoms. The predicted octanol–water partition coefficient (Wildman–Crippen LogP) is 3.28. The van der Waals surface area contributed by atoms with Crippen LogP contribution in [0.4, 0.5) is 0 Å². The summed E-state index contributed by atoms with van der Waals surface area (Å²) in [5, 5.41) is 15.3. The van der Waals surface area contributed by atoms with Crippen molar-refractivity contribution in [1.82, 2.24) is 10.0 Å². The smallest absolute Gasteiger partial charge is 0.252 e. The summed E-state index contributed by atoms with van der Waals surface area (Å²) < 4.78 is 27.9. The maximum atomic E-state index is 12.5. The lowest BCUT2D eigenvalue weighted by molar-refractivity contribution is 0.0952. The zero-order valence-electron chi connectivity index (χ0n) is 15.6. The van der Waals surface area contributed by atoms with E-state index in [0.29, 0.717) is 29.6 Å². The van der Waals surface area contributed by atoms with Crippen molar-refractivity contribution in [1.29, 1.82) is 0 Å². The van der Waals surface area contributed by atoms with E-state index in [4.69, 9.17) is 0 Å².